The second-order valence-electron chi connectivity index (χ2n) is 6.27. The first kappa shape index (κ1) is 21.2. The zero-order valence-electron chi connectivity index (χ0n) is 15.3. The summed E-state index contributed by atoms with van der Waals surface area (Å²) in [7, 11) is 2.00. The van der Waals surface area contributed by atoms with E-state index >= 15 is 0 Å². The maximum absolute atomic E-state index is 10.2. The van der Waals surface area contributed by atoms with E-state index in [4.69, 9.17) is 9.40 Å². The van der Waals surface area contributed by atoms with Crippen molar-refractivity contribution in [3.8, 4) is 0 Å². The molecule has 1 atom stereocenters. The number of thiazole rings is 1. The van der Waals surface area contributed by atoms with Gasteiger partial charge >= 0.3 is 0 Å². The molecule has 1 aliphatic carbocycles. The molecule has 0 spiro atoms. The smallest absolute Gasteiger partial charge is 0.194 e. The number of furan rings is 1. The Labute approximate surface area is 175 Å². The third-order valence-electron chi connectivity index (χ3n) is 4.24. The number of fused-ring (bicyclic) bond motifs is 1. The van der Waals surface area contributed by atoms with Gasteiger partial charge in [-0.3, -0.25) is 0 Å². The summed E-state index contributed by atoms with van der Waals surface area (Å²) < 4.78 is 5.23. The minimum atomic E-state index is -0.732. The van der Waals surface area contributed by atoms with Crippen LogP contribution in [0.4, 0.5) is 0 Å². The molecule has 0 aliphatic heterocycles. The first-order chi connectivity index (χ1) is 12.2. The van der Waals surface area contributed by atoms with Gasteiger partial charge in [-0.05, 0) is 44.7 Å². The molecule has 0 amide bonds. The third kappa shape index (κ3) is 5.43. The molecule has 2 aromatic heterocycles. The zero-order valence-corrected chi connectivity index (χ0v) is 18.4. The Bertz CT molecular complexity index is 679. The summed E-state index contributed by atoms with van der Waals surface area (Å²) in [6.07, 6.45) is 5.63. The molecule has 0 radical (unpaired) electrons. The van der Waals surface area contributed by atoms with Crippen molar-refractivity contribution in [1.82, 2.24) is 15.2 Å². The number of nitrogens with zero attached hydrogens (tertiary/aromatic N) is 3. The van der Waals surface area contributed by atoms with Crippen LogP contribution in [0.3, 0.4) is 0 Å². The van der Waals surface area contributed by atoms with Crippen LogP contribution in [0.25, 0.3) is 0 Å². The molecule has 2 heterocycles. The minimum Gasteiger partial charge on any atom is -0.467 e. The number of aryl methyl sites for hydroxylation is 2. The van der Waals surface area contributed by atoms with Gasteiger partial charge in [0.2, 0.25) is 0 Å². The molecule has 0 saturated carbocycles. The molecule has 2 aromatic rings. The molecule has 8 heteroatoms. The monoisotopic (exact) mass is 490 g/mol. The van der Waals surface area contributed by atoms with Gasteiger partial charge < -0.3 is 19.7 Å². The number of aromatic nitrogens is 1. The van der Waals surface area contributed by atoms with Crippen molar-refractivity contribution in [2.75, 3.05) is 20.1 Å². The molecular formula is C18H27IN4O2S. The number of rotatable bonds is 6. The fourth-order valence-electron chi connectivity index (χ4n) is 2.96. The lowest BCUT2D eigenvalue weighted by Crippen LogP contribution is -2.38. The number of guanidine groups is 1. The Morgan fingerprint density at radius 1 is 1.46 bits per heavy atom. The van der Waals surface area contributed by atoms with Crippen LogP contribution in [0.5, 0.6) is 0 Å². The van der Waals surface area contributed by atoms with Gasteiger partial charge in [0.05, 0.1) is 25.0 Å². The van der Waals surface area contributed by atoms with Gasteiger partial charge in [-0.1, -0.05) is 0 Å². The summed E-state index contributed by atoms with van der Waals surface area (Å²) in [6, 6.07) is 3.53. The number of aliphatic hydroxyl groups excluding tert-OH is 1. The Balaban J connectivity index is 0.00000243. The van der Waals surface area contributed by atoms with E-state index in [1.165, 1.54) is 29.8 Å². The summed E-state index contributed by atoms with van der Waals surface area (Å²) in [5.41, 5.74) is 1.29. The zero-order chi connectivity index (χ0) is 17.6. The SMILES string of the molecule is CCNC(=NCC(O)c1ccco1)N(C)Cc1nc2c(s1)CCCC2.I. The molecule has 144 valence electrons. The van der Waals surface area contributed by atoms with E-state index in [-0.39, 0.29) is 30.5 Å². The lowest BCUT2D eigenvalue weighted by molar-refractivity contribution is 0.158. The molecule has 1 aliphatic rings. The molecular weight excluding hydrogens is 463 g/mol. The van der Waals surface area contributed by atoms with Gasteiger partial charge in [-0.25, -0.2) is 9.98 Å². The quantitative estimate of drug-likeness (QED) is 0.369. The van der Waals surface area contributed by atoms with Gasteiger partial charge in [0.1, 0.15) is 16.9 Å². The molecule has 1 unspecified atom stereocenters. The van der Waals surface area contributed by atoms with E-state index in [1.807, 2.05) is 25.3 Å². The standard InChI is InChI=1S/C18H26N4O2S.HI/c1-3-19-18(20-11-14(23)15-8-6-10-24-15)22(2)12-17-21-13-7-4-5-9-16(13)25-17;/h6,8,10,14,23H,3-5,7,9,11-12H2,1-2H3,(H,19,20);1H. The number of nitrogens with one attached hydrogen (secondary N) is 1. The van der Waals surface area contributed by atoms with E-state index in [1.54, 1.807) is 18.4 Å². The number of halogens is 1. The van der Waals surface area contributed by atoms with Crippen molar-refractivity contribution in [3.05, 3.63) is 39.7 Å². The largest absolute Gasteiger partial charge is 0.467 e. The Morgan fingerprint density at radius 3 is 2.96 bits per heavy atom. The van der Waals surface area contributed by atoms with E-state index < -0.39 is 6.10 Å². The normalized spacial score (nSPS) is 15.1. The minimum absolute atomic E-state index is 0. The lowest BCUT2D eigenvalue weighted by atomic mass is 10.0. The highest BCUT2D eigenvalue weighted by molar-refractivity contribution is 14.0. The summed E-state index contributed by atoms with van der Waals surface area (Å²) in [4.78, 5) is 12.9. The van der Waals surface area contributed by atoms with Crippen molar-refractivity contribution in [3.63, 3.8) is 0 Å². The fraction of sp³-hybridized carbons (Fsp3) is 0.556. The van der Waals surface area contributed by atoms with Crippen molar-refractivity contribution in [1.29, 1.82) is 0 Å². The first-order valence-corrected chi connectivity index (χ1v) is 9.67. The summed E-state index contributed by atoms with van der Waals surface area (Å²) >= 11 is 1.82. The van der Waals surface area contributed by atoms with Crippen molar-refractivity contribution < 1.29 is 9.52 Å². The highest BCUT2D eigenvalue weighted by atomic mass is 127. The van der Waals surface area contributed by atoms with Crippen molar-refractivity contribution in [2.45, 2.75) is 45.3 Å². The predicted molar refractivity (Wildman–Crippen MR) is 115 cm³/mol. The average Bonchev–Trinajstić information content (AvgIpc) is 3.27. The van der Waals surface area contributed by atoms with Crippen LogP contribution in [0, 0.1) is 0 Å². The van der Waals surface area contributed by atoms with Crippen LogP contribution in [-0.4, -0.2) is 41.1 Å². The summed E-state index contributed by atoms with van der Waals surface area (Å²) in [6.45, 7) is 3.79. The molecule has 6 nitrogen and oxygen atoms in total. The van der Waals surface area contributed by atoms with Crippen LogP contribution in [0.2, 0.25) is 0 Å². The third-order valence-corrected chi connectivity index (χ3v) is 5.39. The van der Waals surface area contributed by atoms with Crippen LogP contribution in [0.1, 0.15) is 47.2 Å². The molecule has 26 heavy (non-hydrogen) atoms. The highest BCUT2D eigenvalue weighted by Gasteiger charge is 2.17. The van der Waals surface area contributed by atoms with Crippen molar-refractivity contribution in [2.24, 2.45) is 4.99 Å². The molecule has 3 rings (SSSR count). The maximum atomic E-state index is 10.2. The molecule has 0 fully saturated rings. The van der Waals surface area contributed by atoms with Gasteiger partial charge in [0.15, 0.2) is 5.96 Å². The number of aliphatic imine (C=N–C) groups is 1. The van der Waals surface area contributed by atoms with E-state index in [2.05, 4.69) is 15.2 Å². The van der Waals surface area contributed by atoms with E-state index in [0.717, 1.165) is 30.5 Å². The molecule has 2 N–H and O–H groups in total. The second kappa shape index (κ2) is 10.3. The topological polar surface area (TPSA) is 73.9 Å². The number of hydrogen-bond donors (Lipinski definition) is 2. The first-order valence-electron chi connectivity index (χ1n) is 8.85. The summed E-state index contributed by atoms with van der Waals surface area (Å²) in [5, 5.41) is 14.6. The van der Waals surface area contributed by atoms with Gasteiger partial charge in [-0.15, -0.1) is 35.3 Å². The van der Waals surface area contributed by atoms with Crippen LogP contribution < -0.4 is 5.32 Å². The van der Waals surface area contributed by atoms with Crippen LogP contribution in [-0.2, 0) is 19.4 Å². The van der Waals surface area contributed by atoms with Gasteiger partial charge in [-0.2, -0.15) is 0 Å². The summed E-state index contributed by atoms with van der Waals surface area (Å²) in [5.74, 6) is 1.30. The second-order valence-corrected chi connectivity index (χ2v) is 7.43. The van der Waals surface area contributed by atoms with Crippen molar-refractivity contribution >= 4 is 41.3 Å². The highest BCUT2D eigenvalue weighted by Crippen LogP contribution is 2.27. The predicted octanol–water partition coefficient (Wildman–Crippen LogP) is 3.36. The molecule has 0 bridgehead atoms. The van der Waals surface area contributed by atoms with Crippen LogP contribution >= 0.6 is 35.3 Å². The Hall–Kier alpha value is -1.13. The van der Waals surface area contributed by atoms with E-state index in [9.17, 15) is 5.11 Å². The van der Waals surface area contributed by atoms with Gasteiger partial charge in [0, 0.05) is 18.5 Å². The van der Waals surface area contributed by atoms with Gasteiger partial charge in [0.25, 0.3) is 0 Å². The number of aliphatic hydroxyl groups is 1. The molecule has 0 aromatic carbocycles. The lowest BCUT2D eigenvalue weighted by Gasteiger charge is -2.21. The molecule has 0 saturated heterocycles. The maximum Gasteiger partial charge on any atom is 0.194 e. The number of hydrogen-bond acceptors (Lipinski definition) is 5. The van der Waals surface area contributed by atoms with E-state index in [0.29, 0.717) is 5.76 Å². The van der Waals surface area contributed by atoms with Crippen LogP contribution in [0.15, 0.2) is 27.8 Å². The average molecular weight is 490 g/mol. The Morgan fingerprint density at radius 2 is 2.27 bits per heavy atom. The Kier molecular flexibility index (Phi) is 8.36. The fourth-order valence-corrected chi connectivity index (χ4v) is 4.17.